The largest absolute Gasteiger partial charge is 0.393 e. The van der Waals surface area contributed by atoms with Crippen molar-refractivity contribution >= 4 is 5.78 Å². The van der Waals surface area contributed by atoms with Crippen molar-refractivity contribution < 1.29 is 9.90 Å². The molecule has 0 saturated heterocycles. The molecule has 2 aliphatic carbocycles. The molecule has 0 aromatic rings. The molecular weight excluding hydrogens is 212 g/mol. The highest BCUT2D eigenvalue weighted by molar-refractivity contribution is 5.94. The van der Waals surface area contributed by atoms with Gasteiger partial charge in [0.05, 0.1) is 6.10 Å². The van der Waals surface area contributed by atoms with Crippen LogP contribution in [0.1, 0.15) is 52.9 Å². The van der Waals surface area contributed by atoms with E-state index < -0.39 is 0 Å². The van der Waals surface area contributed by atoms with Gasteiger partial charge < -0.3 is 5.11 Å². The monoisotopic (exact) mass is 236 g/mol. The SMILES string of the molecule is C=C(C)C(=O)CC[C@@]1(C)[C@H]2CC[C@]1(C)[C@H](O)C2. The van der Waals surface area contributed by atoms with Gasteiger partial charge in [-0.05, 0) is 54.9 Å². The summed E-state index contributed by atoms with van der Waals surface area (Å²) in [5, 5.41) is 10.2. The molecule has 2 aliphatic rings. The first-order valence-electron chi connectivity index (χ1n) is 6.68. The minimum Gasteiger partial charge on any atom is -0.393 e. The average molecular weight is 236 g/mol. The van der Waals surface area contributed by atoms with Crippen molar-refractivity contribution in [3.05, 3.63) is 12.2 Å². The predicted molar refractivity (Wildman–Crippen MR) is 68.6 cm³/mol. The van der Waals surface area contributed by atoms with E-state index >= 15 is 0 Å². The molecular formula is C15H24O2. The topological polar surface area (TPSA) is 37.3 Å². The Morgan fingerprint density at radius 1 is 1.47 bits per heavy atom. The van der Waals surface area contributed by atoms with Crippen molar-refractivity contribution in [2.24, 2.45) is 16.7 Å². The third-order valence-electron chi connectivity index (χ3n) is 5.81. The van der Waals surface area contributed by atoms with Crippen LogP contribution in [0.15, 0.2) is 12.2 Å². The van der Waals surface area contributed by atoms with Gasteiger partial charge in [-0.25, -0.2) is 0 Å². The zero-order valence-corrected chi connectivity index (χ0v) is 11.3. The molecule has 0 aliphatic heterocycles. The van der Waals surface area contributed by atoms with E-state index in [1.54, 1.807) is 6.92 Å². The van der Waals surface area contributed by atoms with E-state index in [0.717, 1.165) is 19.3 Å². The molecule has 2 saturated carbocycles. The minimum absolute atomic E-state index is 0.0209. The van der Waals surface area contributed by atoms with Crippen molar-refractivity contribution in [3.8, 4) is 0 Å². The molecule has 96 valence electrons. The van der Waals surface area contributed by atoms with E-state index in [1.807, 2.05) is 0 Å². The Labute approximate surface area is 104 Å². The van der Waals surface area contributed by atoms with Crippen molar-refractivity contribution in [3.63, 3.8) is 0 Å². The lowest BCUT2D eigenvalue weighted by Crippen LogP contribution is -2.37. The molecule has 2 nitrogen and oxygen atoms in total. The zero-order chi connectivity index (χ0) is 12.8. The molecule has 0 aromatic heterocycles. The molecule has 0 radical (unpaired) electrons. The van der Waals surface area contributed by atoms with Crippen LogP contribution in [0, 0.1) is 16.7 Å². The van der Waals surface area contributed by atoms with Gasteiger partial charge in [0, 0.05) is 6.42 Å². The molecule has 2 heteroatoms. The summed E-state index contributed by atoms with van der Waals surface area (Å²) in [6.07, 6.45) is 4.56. The first-order valence-corrected chi connectivity index (χ1v) is 6.68. The number of rotatable bonds is 4. The standard InChI is InChI=1S/C15H24O2/c1-10(2)12(16)6-8-14(3)11-5-7-15(14,4)13(17)9-11/h11,13,17H,1,5-9H2,2-4H3/t11-,13+,14-,15+/m0/s1. The van der Waals surface area contributed by atoms with Crippen molar-refractivity contribution in [1.29, 1.82) is 0 Å². The lowest BCUT2D eigenvalue weighted by Gasteiger charge is -2.40. The van der Waals surface area contributed by atoms with Crippen LogP contribution in [0.2, 0.25) is 0 Å². The van der Waals surface area contributed by atoms with Gasteiger partial charge in [-0.3, -0.25) is 4.79 Å². The summed E-state index contributed by atoms with van der Waals surface area (Å²) >= 11 is 0. The van der Waals surface area contributed by atoms with Crippen LogP contribution < -0.4 is 0 Å². The minimum atomic E-state index is -0.175. The fourth-order valence-corrected chi connectivity index (χ4v) is 4.08. The smallest absolute Gasteiger partial charge is 0.158 e. The lowest BCUT2D eigenvalue weighted by atomic mass is 9.66. The number of allylic oxidation sites excluding steroid dienone is 1. The Bertz CT molecular complexity index is 360. The van der Waals surface area contributed by atoms with Crippen LogP contribution >= 0.6 is 0 Å². The molecule has 0 amide bonds. The second-order valence-electron chi connectivity index (χ2n) is 6.53. The zero-order valence-electron chi connectivity index (χ0n) is 11.3. The number of hydrogen-bond donors (Lipinski definition) is 1. The lowest BCUT2D eigenvalue weighted by molar-refractivity contribution is -0.116. The Balaban J connectivity index is 2.10. The van der Waals surface area contributed by atoms with Crippen LogP contribution in [0.5, 0.6) is 0 Å². The second kappa shape index (κ2) is 3.94. The second-order valence-corrected chi connectivity index (χ2v) is 6.53. The predicted octanol–water partition coefficient (Wildman–Crippen LogP) is 3.10. The van der Waals surface area contributed by atoms with Gasteiger partial charge in [0.25, 0.3) is 0 Å². The van der Waals surface area contributed by atoms with E-state index in [1.165, 1.54) is 6.42 Å². The summed E-state index contributed by atoms with van der Waals surface area (Å²) in [4.78, 5) is 11.7. The maximum atomic E-state index is 11.7. The average Bonchev–Trinajstić information content (AvgIpc) is 2.61. The maximum absolute atomic E-state index is 11.7. The number of carbonyl (C=O) groups is 1. The molecule has 0 aromatic carbocycles. The Morgan fingerprint density at radius 2 is 2.12 bits per heavy atom. The van der Waals surface area contributed by atoms with Crippen LogP contribution in [-0.4, -0.2) is 17.0 Å². The van der Waals surface area contributed by atoms with Crippen LogP contribution in [0.4, 0.5) is 0 Å². The molecule has 1 N–H and O–H groups in total. The fourth-order valence-electron chi connectivity index (χ4n) is 4.08. The van der Waals surface area contributed by atoms with Gasteiger partial charge >= 0.3 is 0 Å². The van der Waals surface area contributed by atoms with Crippen LogP contribution in [-0.2, 0) is 4.79 Å². The molecule has 0 heterocycles. The van der Waals surface area contributed by atoms with E-state index in [2.05, 4.69) is 20.4 Å². The van der Waals surface area contributed by atoms with E-state index in [4.69, 9.17) is 0 Å². The van der Waals surface area contributed by atoms with Gasteiger partial charge in [0.1, 0.15) is 0 Å². The highest BCUT2D eigenvalue weighted by Crippen LogP contribution is 2.67. The number of fused-ring (bicyclic) bond motifs is 2. The molecule has 2 rings (SSSR count). The highest BCUT2D eigenvalue weighted by Gasteiger charge is 2.62. The molecule has 4 atom stereocenters. The summed E-state index contributed by atoms with van der Waals surface area (Å²) in [6.45, 7) is 9.97. The van der Waals surface area contributed by atoms with Gasteiger partial charge in [0.15, 0.2) is 5.78 Å². The van der Waals surface area contributed by atoms with E-state index in [-0.39, 0.29) is 22.7 Å². The van der Waals surface area contributed by atoms with Gasteiger partial charge in [-0.15, -0.1) is 0 Å². The number of aliphatic hydroxyl groups is 1. The highest BCUT2D eigenvalue weighted by atomic mass is 16.3. The Morgan fingerprint density at radius 3 is 2.53 bits per heavy atom. The molecule has 2 bridgehead atoms. The fraction of sp³-hybridized carbons (Fsp3) is 0.800. The number of Topliss-reactive ketones (excluding diaryl/α,β-unsaturated/α-hetero) is 1. The van der Waals surface area contributed by atoms with Crippen molar-refractivity contribution in [2.75, 3.05) is 0 Å². The van der Waals surface area contributed by atoms with Crippen molar-refractivity contribution in [2.45, 2.75) is 59.0 Å². The summed E-state index contributed by atoms with van der Waals surface area (Å²) in [6, 6.07) is 0. The van der Waals surface area contributed by atoms with Crippen molar-refractivity contribution in [1.82, 2.24) is 0 Å². The summed E-state index contributed by atoms with van der Waals surface area (Å²) in [7, 11) is 0. The third-order valence-corrected chi connectivity index (χ3v) is 5.81. The maximum Gasteiger partial charge on any atom is 0.158 e. The van der Waals surface area contributed by atoms with Gasteiger partial charge in [-0.2, -0.15) is 0 Å². The summed E-state index contributed by atoms with van der Waals surface area (Å²) in [5.41, 5.74) is 0.814. The summed E-state index contributed by atoms with van der Waals surface area (Å²) < 4.78 is 0. The molecule has 17 heavy (non-hydrogen) atoms. The third kappa shape index (κ3) is 1.69. The van der Waals surface area contributed by atoms with Crippen LogP contribution in [0.3, 0.4) is 0 Å². The van der Waals surface area contributed by atoms with E-state index in [0.29, 0.717) is 17.9 Å². The molecule has 2 fully saturated rings. The molecule has 0 unspecified atom stereocenters. The van der Waals surface area contributed by atoms with Gasteiger partial charge in [0.2, 0.25) is 0 Å². The number of ketones is 1. The van der Waals surface area contributed by atoms with E-state index in [9.17, 15) is 9.90 Å². The first-order chi connectivity index (χ1) is 7.81. The normalized spacial score (nSPS) is 44.0. The molecule has 0 spiro atoms. The number of carbonyl (C=O) groups excluding carboxylic acids is 1. The quantitative estimate of drug-likeness (QED) is 0.762. The van der Waals surface area contributed by atoms with Gasteiger partial charge in [-0.1, -0.05) is 20.4 Å². The Kier molecular flexibility index (Phi) is 2.97. The Hall–Kier alpha value is -0.630. The number of aliphatic hydroxyl groups excluding tert-OH is 1. The van der Waals surface area contributed by atoms with Crippen LogP contribution in [0.25, 0.3) is 0 Å². The summed E-state index contributed by atoms with van der Waals surface area (Å²) in [5.74, 6) is 0.774. The first kappa shape index (κ1) is 12.8. The number of hydrogen-bond acceptors (Lipinski definition) is 2.